The Kier molecular flexibility index (Phi) is 7.75. The topological polar surface area (TPSA) is 96.0 Å². The zero-order valence-electron chi connectivity index (χ0n) is 19.9. The van der Waals surface area contributed by atoms with E-state index in [1.807, 2.05) is 60.7 Å². The van der Waals surface area contributed by atoms with Crippen LogP contribution in [-0.4, -0.2) is 46.3 Å². The molecule has 3 aromatic rings. The van der Waals surface area contributed by atoms with Gasteiger partial charge in [0.15, 0.2) is 6.10 Å². The molecule has 1 saturated heterocycles. The number of ether oxygens (including phenoxy) is 1. The molecule has 0 aromatic heterocycles. The summed E-state index contributed by atoms with van der Waals surface area (Å²) in [5, 5.41) is 2.47. The Morgan fingerprint density at radius 1 is 0.861 bits per heavy atom. The van der Waals surface area contributed by atoms with Gasteiger partial charge in [0, 0.05) is 13.1 Å². The van der Waals surface area contributed by atoms with Crippen molar-refractivity contribution in [2.24, 2.45) is 0 Å². The predicted octanol–water partition coefficient (Wildman–Crippen LogP) is 3.51. The van der Waals surface area contributed by atoms with Gasteiger partial charge in [-0.1, -0.05) is 72.8 Å². The summed E-state index contributed by atoms with van der Waals surface area (Å²) in [5.41, 5.74) is 2.91. The Balaban J connectivity index is 1.40. The lowest BCUT2D eigenvalue weighted by atomic mass is 10.1. The summed E-state index contributed by atoms with van der Waals surface area (Å²) in [7, 11) is 0. The zero-order valence-corrected chi connectivity index (χ0v) is 19.9. The number of amides is 4. The standard InChI is InChI=1S/C28H27N3O5/c1-20(26(33)30(17-21-8-4-2-5-9-21)18-22-10-6-3-7-11-22)36-27(34)24-14-12-23(13-15-24)19-31-25(32)16-29-28(31)35/h2-15,20H,16-19H2,1H3,(H,29,35). The van der Waals surface area contributed by atoms with E-state index in [1.165, 1.54) is 0 Å². The molecule has 0 spiro atoms. The second kappa shape index (κ2) is 11.3. The Morgan fingerprint density at radius 2 is 1.42 bits per heavy atom. The van der Waals surface area contributed by atoms with E-state index < -0.39 is 18.1 Å². The highest BCUT2D eigenvalue weighted by Crippen LogP contribution is 2.15. The maximum Gasteiger partial charge on any atom is 0.338 e. The van der Waals surface area contributed by atoms with Crippen LogP contribution >= 0.6 is 0 Å². The van der Waals surface area contributed by atoms with E-state index in [2.05, 4.69) is 5.32 Å². The third-order valence-electron chi connectivity index (χ3n) is 5.84. The first-order valence-corrected chi connectivity index (χ1v) is 11.7. The quantitative estimate of drug-likeness (QED) is 0.370. The van der Waals surface area contributed by atoms with Crippen LogP contribution < -0.4 is 5.32 Å². The van der Waals surface area contributed by atoms with Gasteiger partial charge in [-0.3, -0.25) is 14.5 Å². The number of carbonyl (C=O) groups is 4. The lowest BCUT2D eigenvalue weighted by Gasteiger charge is -2.26. The average molecular weight is 486 g/mol. The number of urea groups is 1. The third-order valence-corrected chi connectivity index (χ3v) is 5.84. The molecular formula is C28H27N3O5. The highest BCUT2D eigenvalue weighted by Gasteiger charge is 2.28. The largest absolute Gasteiger partial charge is 0.449 e. The van der Waals surface area contributed by atoms with Gasteiger partial charge in [-0.25, -0.2) is 9.59 Å². The molecule has 1 fully saturated rings. The van der Waals surface area contributed by atoms with Crippen LogP contribution in [0.25, 0.3) is 0 Å². The Labute approximate surface area is 209 Å². The molecule has 1 heterocycles. The third kappa shape index (κ3) is 6.15. The fraction of sp³-hybridized carbons (Fsp3) is 0.214. The number of hydrogen-bond donors (Lipinski definition) is 1. The summed E-state index contributed by atoms with van der Waals surface area (Å²) in [5.74, 6) is -1.23. The molecule has 36 heavy (non-hydrogen) atoms. The molecule has 0 aliphatic carbocycles. The maximum atomic E-state index is 13.3. The Bertz CT molecular complexity index is 1170. The Hall–Kier alpha value is -4.46. The fourth-order valence-electron chi connectivity index (χ4n) is 3.90. The van der Waals surface area contributed by atoms with Gasteiger partial charge in [-0.15, -0.1) is 0 Å². The van der Waals surface area contributed by atoms with E-state index in [0.717, 1.165) is 16.0 Å². The molecule has 0 radical (unpaired) electrons. The van der Waals surface area contributed by atoms with Crippen molar-refractivity contribution in [1.29, 1.82) is 0 Å². The molecule has 0 saturated carbocycles. The molecule has 3 aromatic carbocycles. The van der Waals surface area contributed by atoms with Crippen molar-refractivity contribution in [3.63, 3.8) is 0 Å². The van der Waals surface area contributed by atoms with Crippen molar-refractivity contribution in [2.45, 2.75) is 32.7 Å². The van der Waals surface area contributed by atoms with Crippen LogP contribution in [0, 0.1) is 0 Å². The van der Waals surface area contributed by atoms with Crippen LogP contribution in [0.5, 0.6) is 0 Å². The number of rotatable bonds is 9. The molecule has 0 bridgehead atoms. The molecule has 4 amide bonds. The molecule has 184 valence electrons. The monoisotopic (exact) mass is 485 g/mol. The van der Waals surface area contributed by atoms with Crippen molar-refractivity contribution < 1.29 is 23.9 Å². The molecular weight excluding hydrogens is 458 g/mol. The van der Waals surface area contributed by atoms with E-state index in [0.29, 0.717) is 18.7 Å². The van der Waals surface area contributed by atoms with Crippen LogP contribution in [0.1, 0.15) is 34.0 Å². The smallest absolute Gasteiger partial charge is 0.338 e. The maximum absolute atomic E-state index is 13.3. The van der Waals surface area contributed by atoms with Gasteiger partial charge in [0.05, 0.1) is 18.7 Å². The van der Waals surface area contributed by atoms with Crippen LogP contribution in [0.3, 0.4) is 0 Å². The van der Waals surface area contributed by atoms with Crippen molar-refractivity contribution >= 4 is 23.8 Å². The van der Waals surface area contributed by atoms with E-state index in [4.69, 9.17) is 4.74 Å². The molecule has 1 atom stereocenters. The first-order chi connectivity index (χ1) is 17.4. The number of nitrogens with one attached hydrogen (secondary N) is 1. The molecule has 4 rings (SSSR count). The van der Waals surface area contributed by atoms with E-state index >= 15 is 0 Å². The number of imide groups is 1. The van der Waals surface area contributed by atoms with Crippen LogP contribution in [0.15, 0.2) is 84.9 Å². The number of hydrogen-bond acceptors (Lipinski definition) is 5. The predicted molar refractivity (Wildman–Crippen MR) is 132 cm³/mol. The lowest BCUT2D eigenvalue weighted by Crippen LogP contribution is -2.39. The summed E-state index contributed by atoms with van der Waals surface area (Å²) >= 11 is 0. The number of nitrogens with zero attached hydrogens (tertiary/aromatic N) is 2. The van der Waals surface area contributed by atoms with Crippen LogP contribution in [0.2, 0.25) is 0 Å². The Morgan fingerprint density at radius 3 is 1.92 bits per heavy atom. The molecule has 1 unspecified atom stereocenters. The first kappa shape index (κ1) is 24.7. The summed E-state index contributed by atoms with van der Waals surface area (Å²) < 4.78 is 5.50. The second-order valence-corrected chi connectivity index (χ2v) is 8.55. The second-order valence-electron chi connectivity index (χ2n) is 8.55. The minimum atomic E-state index is -0.990. The number of benzene rings is 3. The molecule has 1 aliphatic rings. The van der Waals surface area contributed by atoms with Gasteiger partial charge in [-0.2, -0.15) is 0 Å². The summed E-state index contributed by atoms with van der Waals surface area (Å²) in [6.07, 6.45) is -0.990. The van der Waals surface area contributed by atoms with E-state index in [-0.39, 0.29) is 30.5 Å². The molecule has 1 N–H and O–H groups in total. The molecule has 8 nitrogen and oxygen atoms in total. The highest BCUT2D eigenvalue weighted by molar-refractivity contribution is 6.01. The van der Waals surface area contributed by atoms with E-state index in [1.54, 1.807) is 36.1 Å². The summed E-state index contributed by atoms with van der Waals surface area (Å²) in [6, 6.07) is 25.3. The summed E-state index contributed by atoms with van der Waals surface area (Å²) in [4.78, 5) is 52.3. The summed E-state index contributed by atoms with van der Waals surface area (Å²) in [6.45, 7) is 2.43. The average Bonchev–Trinajstić information content (AvgIpc) is 3.21. The van der Waals surface area contributed by atoms with Gasteiger partial charge in [0.25, 0.3) is 5.91 Å². The molecule has 1 aliphatic heterocycles. The van der Waals surface area contributed by atoms with Gasteiger partial charge in [-0.05, 0) is 35.7 Å². The van der Waals surface area contributed by atoms with Gasteiger partial charge in [0.1, 0.15) is 0 Å². The molecule has 8 heteroatoms. The number of carbonyl (C=O) groups excluding carboxylic acids is 4. The van der Waals surface area contributed by atoms with Crippen LogP contribution in [0.4, 0.5) is 4.79 Å². The normalized spacial score (nSPS) is 13.8. The van der Waals surface area contributed by atoms with Crippen LogP contribution in [-0.2, 0) is 34.0 Å². The fourth-order valence-corrected chi connectivity index (χ4v) is 3.90. The highest BCUT2D eigenvalue weighted by atomic mass is 16.5. The minimum Gasteiger partial charge on any atom is -0.449 e. The van der Waals surface area contributed by atoms with E-state index in [9.17, 15) is 19.2 Å². The van der Waals surface area contributed by atoms with Gasteiger partial charge in [0.2, 0.25) is 5.91 Å². The van der Waals surface area contributed by atoms with Crippen molar-refractivity contribution in [2.75, 3.05) is 6.54 Å². The van der Waals surface area contributed by atoms with Crippen molar-refractivity contribution in [3.05, 3.63) is 107 Å². The van der Waals surface area contributed by atoms with Gasteiger partial charge >= 0.3 is 12.0 Å². The van der Waals surface area contributed by atoms with Crippen molar-refractivity contribution in [3.8, 4) is 0 Å². The minimum absolute atomic E-state index is 0.0132. The van der Waals surface area contributed by atoms with Crippen molar-refractivity contribution in [1.82, 2.24) is 15.1 Å². The number of esters is 1. The van der Waals surface area contributed by atoms with Gasteiger partial charge < -0.3 is 15.0 Å². The first-order valence-electron chi connectivity index (χ1n) is 11.7. The zero-order chi connectivity index (χ0) is 25.5. The SMILES string of the molecule is CC(OC(=O)c1ccc(CN2C(=O)CNC2=O)cc1)C(=O)N(Cc1ccccc1)Cc1ccccc1. The lowest BCUT2D eigenvalue weighted by molar-refractivity contribution is -0.141.